The van der Waals surface area contributed by atoms with Crippen molar-refractivity contribution in [2.75, 3.05) is 45.7 Å². The summed E-state index contributed by atoms with van der Waals surface area (Å²) in [5, 5.41) is 3.90. The molecule has 3 heterocycles. The molecule has 33 heavy (non-hydrogen) atoms. The molecule has 2 N–H and O–H groups in total. The van der Waals surface area contributed by atoms with E-state index in [1.54, 1.807) is 31.5 Å². The minimum Gasteiger partial charge on any atom is -0.480 e. The molecule has 5 rings (SSSR count). The first-order chi connectivity index (χ1) is 16.1. The van der Waals surface area contributed by atoms with Gasteiger partial charge in [-0.05, 0) is 30.8 Å². The van der Waals surface area contributed by atoms with Gasteiger partial charge in [-0.15, -0.1) is 0 Å². The molecule has 0 bridgehead atoms. The standard InChI is InChI=1S/C25H27FN6O/c1-31-11-13-32(14-12-31)16-17-7-9-18(10-8-17)28-25-29-23-22(24(30-25)33-2)20(15-27-23)19-5-3-4-6-21(19)26/h3-10,15H,11-14,16H2,1-2H3,(H2,27,28,29,30). The molecule has 1 fully saturated rings. The fourth-order valence-electron chi connectivity index (χ4n) is 4.18. The lowest BCUT2D eigenvalue weighted by molar-refractivity contribution is 0.148. The molecule has 1 saturated heterocycles. The van der Waals surface area contributed by atoms with Crippen LogP contribution in [0.2, 0.25) is 0 Å². The van der Waals surface area contributed by atoms with Gasteiger partial charge in [-0.2, -0.15) is 9.97 Å². The van der Waals surface area contributed by atoms with E-state index < -0.39 is 0 Å². The van der Waals surface area contributed by atoms with E-state index in [-0.39, 0.29) is 5.82 Å². The number of methoxy groups -OCH3 is 1. The van der Waals surface area contributed by atoms with Gasteiger partial charge < -0.3 is 19.9 Å². The zero-order valence-electron chi connectivity index (χ0n) is 18.8. The van der Waals surface area contributed by atoms with Gasteiger partial charge in [0.2, 0.25) is 11.8 Å². The maximum Gasteiger partial charge on any atom is 0.232 e. The van der Waals surface area contributed by atoms with E-state index in [4.69, 9.17) is 4.74 Å². The fourth-order valence-corrected chi connectivity index (χ4v) is 4.18. The molecule has 0 unspecified atom stereocenters. The molecule has 2 aromatic carbocycles. The summed E-state index contributed by atoms with van der Waals surface area (Å²) >= 11 is 0. The van der Waals surface area contributed by atoms with Gasteiger partial charge in [0.05, 0.1) is 12.5 Å². The van der Waals surface area contributed by atoms with Crippen LogP contribution in [-0.2, 0) is 6.54 Å². The van der Waals surface area contributed by atoms with E-state index in [1.165, 1.54) is 11.6 Å². The number of nitrogens with zero attached hydrogens (tertiary/aromatic N) is 4. The summed E-state index contributed by atoms with van der Waals surface area (Å²) < 4.78 is 19.9. The second kappa shape index (κ2) is 9.17. The Balaban J connectivity index is 1.36. The largest absolute Gasteiger partial charge is 0.480 e. The average molecular weight is 447 g/mol. The van der Waals surface area contributed by atoms with Crippen LogP contribution >= 0.6 is 0 Å². The highest BCUT2D eigenvalue weighted by Gasteiger charge is 2.18. The van der Waals surface area contributed by atoms with Gasteiger partial charge in [0.1, 0.15) is 11.5 Å². The first-order valence-corrected chi connectivity index (χ1v) is 11.1. The number of ether oxygens (including phenoxy) is 1. The number of anilines is 2. The number of likely N-dealkylation sites (N-methyl/N-ethyl adjacent to an activating group) is 1. The Morgan fingerprint density at radius 3 is 2.48 bits per heavy atom. The first-order valence-electron chi connectivity index (χ1n) is 11.1. The number of hydrogen-bond donors (Lipinski definition) is 2. The molecule has 170 valence electrons. The van der Waals surface area contributed by atoms with E-state index in [1.807, 2.05) is 12.1 Å². The van der Waals surface area contributed by atoms with Crippen molar-refractivity contribution in [1.82, 2.24) is 24.8 Å². The molecule has 4 aromatic rings. The molecule has 0 saturated carbocycles. The number of nitrogens with one attached hydrogen (secondary N) is 2. The third-order valence-corrected chi connectivity index (χ3v) is 6.07. The Labute approximate surface area is 192 Å². The average Bonchev–Trinajstić information content (AvgIpc) is 3.25. The molecule has 1 aliphatic rings. The van der Waals surface area contributed by atoms with Gasteiger partial charge in [-0.3, -0.25) is 4.90 Å². The zero-order chi connectivity index (χ0) is 22.8. The summed E-state index contributed by atoms with van der Waals surface area (Å²) in [5.41, 5.74) is 3.88. The second-order valence-electron chi connectivity index (χ2n) is 8.36. The summed E-state index contributed by atoms with van der Waals surface area (Å²) in [7, 11) is 3.72. The molecule has 0 amide bonds. The molecule has 0 atom stereocenters. The molecule has 0 radical (unpaired) electrons. The van der Waals surface area contributed by atoms with Crippen molar-refractivity contribution < 1.29 is 9.13 Å². The van der Waals surface area contributed by atoms with E-state index in [0.29, 0.717) is 34.0 Å². The van der Waals surface area contributed by atoms with Crippen molar-refractivity contribution in [2.24, 2.45) is 0 Å². The third-order valence-electron chi connectivity index (χ3n) is 6.07. The fraction of sp³-hybridized carbons (Fsp3) is 0.280. The Bertz CT molecular complexity index is 1250. The molecular weight excluding hydrogens is 419 g/mol. The van der Waals surface area contributed by atoms with Crippen LogP contribution in [0.5, 0.6) is 5.88 Å². The summed E-state index contributed by atoms with van der Waals surface area (Å²) in [6, 6.07) is 14.9. The molecular formula is C25H27FN6O. The highest BCUT2D eigenvalue weighted by Crippen LogP contribution is 2.35. The van der Waals surface area contributed by atoms with Gasteiger partial charge in [0.15, 0.2) is 0 Å². The van der Waals surface area contributed by atoms with Crippen LogP contribution in [0.4, 0.5) is 16.0 Å². The van der Waals surface area contributed by atoms with Crippen molar-refractivity contribution in [3.05, 3.63) is 66.1 Å². The van der Waals surface area contributed by atoms with E-state index in [0.717, 1.165) is 38.4 Å². The highest BCUT2D eigenvalue weighted by atomic mass is 19.1. The first kappa shape index (κ1) is 21.4. The van der Waals surface area contributed by atoms with Gasteiger partial charge in [0.25, 0.3) is 0 Å². The number of aromatic amines is 1. The number of rotatable bonds is 6. The Kier molecular flexibility index (Phi) is 5.93. The Morgan fingerprint density at radius 2 is 1.76 bits per heavy atom. The van der Waals surface area contributed by atoms with Crippen LogP contribution in [0, 0.1) is 5.82 Å². The minimum absolute atomic E-state index is 0.306. The summed E-state index contributed by atoms with van der Waals surface area (Å²) in [6.45, 7) is 5.35. The van der Waals surface area contributed by atoms with Crippen LogP contribution in [0.25, 0.3) is 22.2 Å². The van der Waals surface area contributed by atoms with Crippen LogP contribution in [0.15, 0.2) is 54.7 Å². The molecule has 7 nitrogen and oxygen atoms in total. The quantitative estimate of drug-likeness (QED) is 0.461. The summed E-state index contributed by atoms with van der Waals surface area (Å²) in [5.74, 6) is 0.487. The topological polar surface area (TPSA) is 69.3 Å². The van der Waals surface area contributed by atoms with Gasteiger partial charge >= 0.3 is 0 Å². The number of hydrogen-bond acceptors (Lipinski definition) is 6. The van der Waals surface area contributed by atoms with Gasteiger partial charge in [-0.1, -0.05) is 30.3 Å². The number of fused-ring (bicyclic) bond motifs is 1. The second-order valence-corrected chi connectivity index (χ2v) is 8.36. The Hall–Kier alpha value is -3.49. The number of benzene rings is 2. The van der Waals surface area contributed by atoms with Gasteiger partial charge in [-0.25, -0.2) is 4.39 Å². The number of H-pyrrole nitrogens is 1. The van der Waals surface area contributed by atoms with Crippen molar-refractivity contribution in [2.45, 2.75) is 6.54 Å². The van der Waals surface area contributed by atoms with Crippen LogP contribution < -0.4 is 10.1 Å². The van der Waals surface area contributed by atoms with Crippen molar-refractivity contribution in [3.8, 4) is 17.0 Å². The van der Waals surface area contributed by atoms with E-state index in [9.17, 15) is 4.39 Å². The zero-order valence-corrected chi connectivity index (χ0v) is 18.8. The van der Waals surface area contributed by atoms with E-state index >= 15 is 0 Å². The van der Waals surface area contributed by atoms with Crippen LogP contribution in [0.3, 0.4) is 0 Å². The highest BCUT2D eigenvalue weighted by molar-refractivity contribution is 5.97. The van der Waals surface area contributed by atoms with Crippen molar-refractivity contribution >= 4 is 22.7 Å². The number of halogens is 1. The predicted octanol–water partition coefficient (Wildman–Crippen LogP) is 4.26. The van der Waals surface area contributed by atoms with Crippen molar-refractivity contribution in [3.63, 3.8) is 0 Å². The number of piperazine rings is 1. The monoisotopic (exact) mass is 446 g/mol. The molecule has 2 aromatic heterocycles. The molecule has 0 aliphatic carbocycles. The maximum absolute atomic E-state index is 14.4. The third kappa shape index (κ3) is 4.53. The normalized spacial score (nSPS) is 15.1. The summed E-state index contributed by atoms with van der Waals surface area (Å²) in [6.07, 6.45) is 1.73. The van der Waals surface area contributed by atoms with Crippen molar-refractivity contribution in [1.29, 1.82) is 0 Å². The lowest BCUT2D eigenvalue weighted by Gasteiger charge is -2.32. The molecule has 0 spiro atoms. The number of aromatic nitrogens is 3. The lowest BCUT2D eigenvalue weighted by atomic mass is 10.1. The minimum atomic E-state index is -0.306. The van der Waals surface area contributed by atoms with Crippen LogP contribution in [-0.4, -0.2) is 65.1 Å². The summed E-state index contributed by atoms with van der Waals surface area (Å²) in [4.78, 5) is 17.1. The smallest absolute Gasteiger partial charge is 0.232 e. The maximum atomic E-state index is 14.4. The SMILES string of the molecule is COc1nc(Nc2ccc(CN3CCN(C)CC3)cc2)nc2[nH]cc(-c3ccccc3F)c12. The van der Waals surface area contributed by atoms with E-state index in [2.05, 4.69) is 49.2 Å². The lowest BCUT2D eigenvalue weighted by Crippen LogP contribution is -2.43. The molecule has 1 aliphatic heterocycles. The molecule has 8 heteroatoms. The predicted molar refractivity (Wildman–Crippen MR) is 128 cm³/mol. The van der Waals surface area contributed by atoms with Gasteiger partial charge in [0, 0.05) is 55.7 Å². The Morgan fingerprint density at radius 1 is 1.00 bits per heavy atom. The van der Waals surface area contributed by atoms with Crippen LogP contribution in [0.1, 0.15) is 5.56 Å².